The van der Waals surface area contributed by atoms with Crippen LogP contribution in [0.3, 0.4) is 0 Å². The predicted molar refractivity (Wildman–Crippen MR) is 118 cm³/mol. The van der Waals surface area contributed by atoms with E-state index in [1.807, 2.05) is 62.5 Å². The highest BCUT2D eigenvalue weighted by Gasteiger charge is 2.20. The standard InChI is InChI=1S/C21H28N2O4S2/c1-15-11-19(9-10-21(15)28-5)27-20-12-17(7-8-18(20)14-22(3)4)13-23(16(2)24)29(6,25)26/h7-12H,13-14H2,1-6H3. The molecule has 8 heteroatoms. The van der Waals surface area contributed by atoms with Crippen molar-refractivity contribution in [2.75, 3.05) is 26.6 Å². The average molecular weight is 437 g/mol. The SMILES string of the molecule is CSc1ccc(Oc2cc(CN(C(C)=O)S(C)(=O)=O)ccc2CN(C)C)cc1C. The number of ether oxygens (including phenoxy) is 1. The van der Waals surface area contributed by atoms with Gasteiger partial charge >= 0.3 is 0 Å². The average Bonchev–Trinajstić information content (AvgIpc) is 2.60. The van der Waals surface area contributed by atoms with Crippen LogP contribution in [0.25, 0.3) is 0 Å². The number of aryl methyl sites for hydroxylation is 1. The van der Waals surface area contributed by atoms with Crippen molar-refractivity contribution in [3.8, 4) is 11.5 Å². The Morgan fingerprint density at radius 1 is 1.10 bits per heavy atom. The van der Waals surface area contributed by atoms with E-state index < -0.39 is 15.9 Å². The molecule has 0 aliphatic carbocycles. The molecule has 1 amide bonds. The molecule has 0 aliphatic heterocycles. The molecule has 0 saturated heterocycles. The molecule has 0 unspecified atom stereocenters. The number of carbonyl (C=O) groups is 1. The van der Waals surface area contributed by atoms with Gasteiger partial charge in [-0.3, -0.25) is 4.79 Å². The van der Waals surface area contributed by atoms with Gasteiger partial charge in [-0.2, -0.15) is 0 Å². The predicted octanol–water partition coefficient (Wildman–Crippen LogP) is 3.88. The maximum absolute atomic E-state index is 11.9. The smallest absolute Gasteiger partial charge is 0.234 e. The van der Waals surface area contributed by atoms with E-state index in [0.717, 1.165) is 21.7 Å². The third kappa shape index (κ3) is 6.48. The lowest BCUT2D eigenvalue weighted by atomic mass is 10.1. The molecule has 6 nitrogen and oxygen atoms in total. The van der Waals surface area contributed by atoms with E-state index in [9.17, 15) is 13.2 Å². The van der Waals surface area contributed by atoms with Crippen LogP contribution in [0.15, 0.2) is 41.3 Å². The van der Waals surface area contributed by atoms with Gasteiger partial charge in [-0.25, -0.2) is 12.7 Å². The van der Waals surface area contributed by atoms with Crippen LogP contribution in [0, 0.1) is 6.92 Å². The number of rotatable bonds is 8. The lowest BCUT2D eigenvalue weighted by molar-refractivity contribution is -0.124. The fourth-order valence-corrected chi connectivity index (χ4v) is 4.37. The summed E-state index contributed by atoms with van der Waals surface area (Å²) in [5.74, 6) is 0.837. The Balaban J connectivity index is 2.41. The normalized spacial score (nSPS) is 11.6. The molecule has 2 aromatic rings. The zero-order valence-electron chi connectivity index (χ0n) is 17.7. The molecule has 0 heterocycles. The Labute approximate surface area is 177 Å². The van der Waals surface area contributed by atoms with Gasteiger partial charge in [0.05, 0.1) is 12.8 Å². The highest BCUT2D eigenvalue weighted by molar-refractivity contribution is 7.98. The number of hydrogen-bond donors (Lipinski definition) is 0. The van der Waals surface area contributed by atoms with E-state index in [0.29, 0.717) is 23.6 Å². The first-order valence-electron chi connectivity index (χ1n) is 9.08. The summed E-state index contributed by atoms with van der Waals surface area (Å²) in [6, 6.07) is 11.5. The molecule has 0 N–H and O–H groups in total. The number of amides is 1. The highest BCUT2D eigenvalue weighted by Crippen LogP contribution is 2.31. The second kappa shape index (κ2) is 9.65. The Morgan fingerprint density at radius 2 is 1.79 bits per heavy atom. The number of benzene rings is 2. The second-order valence-electron chi connectivity index (χ2n) is 7.20. The van der Waals surface area contributed by atoms with Crippen LogP contribution in [-0.4, -0.2) is 50.1 Å². The quantitative estimate of drug-likeness (QED) is 0.585. The molecule has 2 rings (SSSR count). The van der Waals surface area contributed by atoms with E-state index in [2.05, 4.69) is 0 Å². The molecule has 0 saturated carbocycles. The fraction of sp³-hybridized carbons (Fsp3) is 0.381. The first-order valence-corrected chi connectivity index (χ1v) is 12.2. The van der Waals surface area contributed by atoms with Crippen LogP contribution in [0.4, 0.5) is 0 Å². The number of hydrogen-bond acceptors (Lipinski definition) is 6. The van der Waals surface area contributed by atoms with Gasteiger partial charge < -0.3 is 9.64 Å². The fourth-order valence-electron chi connectivity index (χ4n) is 2.93. The monoisotopic (exact) mass is 436 g/mol. The minimum Gasteiger partial charge on any atom is -0.457 e. The van der Waals surface area contributed by atoms with Crippen molar-refractivity contribution in [1.82, 2.24) is 9.21 Å². The number of carbonyl (C=O) groups excluding carboxylic acids is 1. The Kier molecular flexibility index (Phi) is 7.73. The van der Waals surface area contributed by atoms with Gasteiger partial charge in [0.1, 0.15) is 11.5 Å². The van der Waals surface area contributed by atoms with E-state index >= 15 is 0 Å². The van der Waals surface area contributed by atoms with Crippen LogP contribution in [0.5, 0.6) is 11.5 Å². The molecule has 2 aromatic carbocycles. The molecule has 29 heavy (non-hydrogen) atoms. The van der Waals surface area contributed by atoms with Gasteiger partial charge in [-0.15, -0.1) is 11.8 Å². The summed E-state index contributed by atoms with van der Waals surface area (Å²) in [5.41, 5.74) is 2.78. The van der Waals surface area contributed by atoms with E-state index in [-0.39, 0.29) is 6.54 Å². The summed E-state index contributed by atoms with van der Waals surface area (Å²) in [6.07, 6.45) is 3.06. The van der Waals surface area contributed by atoms with E-state index in [1.54, 1.807) is 17.8 Å². The summed E-state index contributed by atoms with van der Waals surface area (Å²) >= 11 is 1.68. The highest BCUT2D eigenvalue weighted by atomic mass is 32.2. The maximum Gasteiger partial charge on any atom is 0.234 e. The van der Waals surface area contributed by atoms with Gasteiger partial charge in [-0.1, -0.05) is 12.1 Å². The lowest BCUT2D eigenvalue weighted by Gasteiger charge is -2.20. The van der Waals surface area contributed by atoms with Crippen LogP contribution >= 0.6 is 11.8 Å². The molecular weight excluding hydrogens is 408 g/mol. The summed E-state index contributed by atoms with van der Waals surface area (Å²) in [5, 5.41) is 0. The van der Waals surface area contributed by atoms with Crippen LogP contribution in [-0.2, 0) is 27.9 Å². The third-order valence-electron chi connectivity index (χ3n) is 4.29. The van der Waals surface area contributed by atoms with Crippen molar-refractivity contribution < 1.29 is 17.9 Å². The molecule has 0 spiro atoms. The Bertz CT molecular complexity index is 988. The summed E-state index contributed by atoms with van der Waals surface area (Å²) < 4.78 is 30.9. The maximum atomic E-state index is 11.9. The summed E-state index contributed by atoms with van der Waals surface area (Å²) in [4.78, 5) is 15.0. The molecule has 158 valence electrons. The minimum absolute atomic E-state index is 0.0305. The lowest BCUT2D eigenvalue weighted by Crippen LogP contribution is -2.33. The number of sulfonamides is 1. The summed E-state index contributed by atoms with van der Waals surface area (Å²) in [6.45, 7) is 3.92. The largest absolute Gasteiger partial charge is 0.457 e. The molecule has 0 aromatic heterocycles. The van der Waals surface area contributed by atoms with Crippen molar-refractivity contribution in [2.45, 2.75) is 31.8 Å². The molecule has 0 aliphatic rings. The zero-order valence-corrected chi connectivity index (χ0v) is 19.4. The molecular formula is C21H28N2O4S2. The van der Waals surface area contributed by atoms with E-state index in [4.69, 9.17) is 4.74 Å². The molecule has 0 atom stereocenters. The number of thioether (sulfide) groups is 1. The first kappa shape index (κ1) is 23.3. The van der Waals surface area contributed by atoms with Crippen molar-refractivity contribution >= 4 is 27.7 Å². The topological polar surface area (TPSA) is 66.9 Å². The van der Waals surface area contributed by atoms with Crippen LogP contribution in [0.1, 0.15) is 23.6 Å². The second-order valence-corrected chi connectivity index (χ2v) is 9.96. The third-order valence-corrected chi connectivity index (χ3v) is 6.37. The van der Waals surface area contributed by atoms with Crippen molar-refractivity contribution in [3.05, 3.63) is 53.1 Å². The van der Waals surface area contributed by atoms with Crippen LogP contribution in [0.2, 0.25) is 0 Å². The van der Waals surface area contributed by atoms with E-state index in [1.165, 1.54) is 11.8 Å². The van der Waals surface area contributed by atoms with Crippen molar-refractivity contribution in [2.24, 2.45) is 0 Å². The van der Waals surface area contributed by atoms with Gasteiger partial charge in [0.2, 0.25) is 15.9 Å². The van der Waals surface area contributed by atoms with Gasteiger partial charge in [-0.05, 0) is 62.7 Å². The Hall–Kier alpha value is -2.03. The van der Waals surface area contributed by atoms with Gasteiger partial charge in [0.15, 0.2) is 0 Å². The van der Waals surface area contributed by atoms with Gasteiger partial charge in [0.25, 0.3) is 0 Å². The van der Waals surface area contributed by atoms with Crippen molar-refractivity contribution in [3.63, 3.8) is 0 Å². The Morgan fingerprint density at radius 3 is 2.31 bits per heavy atom. The number of nitrogens with zero attached hydrogens (tertiary/aromatic N) is 2. The first-order chi connectivity index (χ1) is 13.5. The molecule has 0 bridgehead atoms. The van der Waals surface area contributed by atoms with Crippen LogP contribution < -0.4 is 4.74 Å². The molecule has 0 radical (unpaired) electrons. The minimum atomic E-state index is -3.64. The summed E-state index contributed by atoms with van der Waals surface area (Å²) in [7, 11) is 0.293. The molecule has 0 fully saturated rings. The zero-order chi connectivity index (χ0) is 21.8. The van der Waals surface area contributed by atoms with Gasteiger partial charge in [0, 0.05) is 23.9 Å². The van der Waals surface area contributed by atoms with Crippen molar-refractivity contribution in [1.29, 1.82) is 0 Å².